The van der Waals surface area contributed by atoms with Gasteiger partial charge in [-0.15, -0.1) is 6.42 Å². The number of amides is 2. The monoisotopic (exact) mass is 2130 g/mol. The summed E-state index contributed by atoms with van der Waals surface area (Å²) in [6.07, 6.45) is 8.11. The first-order chi connectivity index (χ1) is 59.1. The minimum absolute atomic E-state index is 0. The second-order valence-electron chi connectivity index (χ2n) is 28.9. The van der Waals surface area contributed by atoms with Gasteiger partial charge in [-0.05, 0) is 178 Å². The lowest BCUT2D eigenvalue weighted by Crippen LogP contribution is -2.38. The van der Waals surface area contributed by atoms with E-state index in [0.29, 0.717) is 57.5 Å². The molecule has 6 aromatic rings. The summed E-state index contributed by atoms with van der Waals surface area (Å²) >= 11 is 16.1. The van der Waals surface area contributed by atoms with Gasteiger partial charge < -0.3 is 94.6 Å². The number of ketones is 1. The maximum absolute atomic E-state index is 12.2. The standard InChI is InChI=1S/C19H24F3NO3.C17H29NO2.C17H25NO2.C10H9BrF3NO2.C9H16O.C8H8Br2O.C8H6Br2O.C4H8O.C2H6O.CH4O.CH4.H3N.H2O/c1-3-9-18(26,10-4-2)11-8-14-6-5-7-15(12-14)16(24)13-23-17(25)19(20,21)22;2*1-3-9-17(20,10-4-2)11-8-14-6-5-7-15(12-14)16(19)13-18;11-7-3-1-2-6(4-7)8(16)5-15-9(17)10(12,13)14;1-4-7-9(10,6-3)8-5-2;2*9-5-8(11)6-2-1-3-7(10)4-6;1-2-4-5-3-1;1-2-3;1-2;;;/h5-7,12,16,24,26H,3-4,9-10,13H2,1-2H3,(H,23,25);5-7,12,16,19-20H,3-4,8-11,13,18H2,1-2H3;5-7,12,16,19-20H,3-4,9-10,13,18H2,1-2H3;1-4,8,16H,5H2,(H,15,17);3,10H,4-5,7-8H2,1-2H3;1-4,8,11H,5H2;1-4H,5H2;1-4H2;3H,2H2,1H3;2H,1H3;1H4;1H3;1H2/t3*16-;8-;;8-;;;;;;;/m1111.1......./s1. The number of aliphatic hydroxyl groups excluding tert-OH is 7. The van der Waals surface area contributed by atoms with Crippen LogP contribution in [0.25, 0.3) is 0 Å². The van der Waals surface area contributed by atoms with Crippen molar-refractivity contribution in [2.24, 2.45) is 11.5 Å². The third-order valence-corrected chi connectivity index (χ3v) is 20.5. The first-order valence-corrected chi connectivity index (χ1v) is 46.5. The van der Waals surface area contributed by atoms with Gasteiger partial charge in [0, 0.05) is 88.5 Å². The normalized spacial score (nSPS) is 12.4. The summed E-state index contributed by atoms with van der Waals surface area (Å²) < 4.78 is 79.7. The van der Waals surface area contributed by atoms with Crippen LogP contribution in [0.3, 0.4) is 0 Å². The van der Waals surface area contributed by atoms with E-state index < -0.39 is 90.2 Å². The predicted octanol–water partition coefficient (Wildman–Crippen LogP) is 18.8. The molecule has 0 aliphatic carbocycles. The van der Waals surface area contributed by atoms with Crippen LogP contribution >= 0.6 is 79.6 Å². The fourth-order valence-electron chi connectivity index (χ4n) is 11.8. The van der Waals surface area contributed by atoms with Gasteiger partial charge in [0.25, 0.3) is 0 Å². The van der Waals surface area contributed by atoms with Gasteiger partial charge in [-0.25, -0.2) is 0 Å². The molecule has 0 radical (unpaired) electrons. The van der Waals surface area contributed by atoms with E-state index in [1.165, 1.54) is 25.0 Å². The maximum atomic E-state index is 12.2. The smallest absolute Gasteiger partial charge is 0.412 e. The van der Waals surface area contributed by atoms with Gasteiger partial charge in [0.2, 0.25) is 0 Å². The Labute approximate surface area is 799 Å². The zero-order valence-electron chi connectivity index (χ0n) is 74.9. The molecule has 32 heteroatoms. The molecule has 1 saturated heterocycles. The summed E-state index contributed by atoms with van der Waals surface area (Å²) in [5.74, 6) is 10.1. The van der Waals surface area contributed by atoms with E-state index >= 15 is 0 Å². The number of halogens is 11. The minimum atomic E-state index is -4.99. The number of ether oxygens (including phenoxy) is 1. The Bertz CT molecular complexity index is 4040. The van der Waals surface area contributed by atoms with Crippen LogP contribution < -0.4 is 28.3 Å². The zero-order chi connectivity index (χ0) is 95.7. The molecule has 1 aliphatic heterocycles. The van der Waals surface area contributed by atoms with Crippen LogP contribution in [-0.2, 0) is 20.7 Å². The molecule has 0 bridgehead atoms. The first kappa shape index (κ1) is 133. The molecule has 1 aliphatic rings. The molecule has 1 fully saturated rings. The largest absolute Gasteiger partial charge is 0.471 e. The number of rotatable bonds is 33. The third kappa shape index (κ3) is 61.6. The van der Waals surface area contributed by atoms with E-state index in [-0.39, 0.29) is 44.5 Å². The Morgan fingerprint density at radius 2 is 0.781 bits per heavy atom. The van der Waals surface area contributed by atoms with Crippen LogP contribution in [0.5, 0.6) is 0 Å². The molecule has 0 saturated carbocycles. The number of aliphatic hydroxyl groups is 11. The highest BCUT2D eigenvalue weighted by Gasteiger charge is 2.40. The van der Waals surface area contributed by atoms with Gasteiger partial charge in [-0.2, -0.15) is 26.3 Å². The zero-order valence-corrected chi connectivity index (χ0v) is 82.8. The fourth-order valence-corrected chi connectivity index (χ4v) is 13.7. The lowest BCUT2D eigenvalue weighted by molar-refractivity contribution is -0.174. The number of aryl methyl sites for hydroxylation is 1. The number of carbonyl (C=O) groups is 3. The molecule has 6 aromatic carbocycles. The van der Waals surface area contributed by atoms with Crippen LogP contribution in [0.1, 0.15) is 277 Å². The molecule has 128 heavy (non-hydrogen) atoms. The summed E-state index contributed by atoms with van der Waals surface area (Å²) in [5.41, 5.74) is 14.1. The highest BCUT2D eigenvalue weighted by Crippen LogP contribution is 2.29. The molecule has 0 spiro atoms. The average molecular weight is 2140 g/mol. The second kappa shape index (κ2) is 76.4. The third-order valence-electron chi connectivity index (χ3n) is 17.9. The van der Waals surface area contributed by atoms with Crippen molar-refractivity contribution >= 4 is 97.2 Å². The first-order valence-electron chi connectivity index (χ1n) is 41.9. The van der Waals surface area contributed by atoms with Gasteiger partial charge in [0.15, 0.2) is 5.78 Å². The molecule has 1 heterocycles. The van der Waals surface area contributed by atoms with E-state index in [1.807, 2.05) is 133 Å². The van der Waals surface area contributed by atoms with Crippen LogP contribution in [0.15, 0.2) is 159 Å². The average Bonchev–Trinajstić information content (AvgIpc) is 0.978. The maximum Gasteiger partial charge on any atom is 0.471 e. The lowest BCUT2D eigenvalue weighted by atomic mass is 9.86. The van der Waals surface area contributed by atoms with Crippen molar-refractivity contribution in [3.8, 4) is 36.0 Å². The Kier molecular flexibility index (Phi) is 79.2. The number of nitrogens with one attached hydrogen (secondary N) is 2. The molecule has 2 amide bonds. The number of nitrogens with two attached hydrogens (primary N) is 2. The van der Waals surface area contributed by atoms with E-state index in [4.69, 9.17) is 32.8 Å². The van der Waals surface area contributed by atoms with Crippen LogP contribution in [0.4, 0.5) is 26.3 Å². The number of hydrogen-bond donors (Lipinski definition) is 16. The van der Waals surface area contributed by atoms with Crippen molar-refractivity contribution in [2.75, 3.05) is 63.8 Å². The minimum Gasteiger partial charge on any atom is -0.412 e. The number of terminal acetylenes is 1. The molecule has 5 atom stereocenters. The molecular weight excluding hydrogens is 1990 g/mol. The Morgan fingerprint density at radius 1 is 0.469 bits per heavy atom. The van der Waals surface area contributed by atoms with Gasteiger partial charge in [-0.1, -0.05) is 308 Å². The van der Waals surface area contributed by atoms with Gasteiger partial charge in [-0.3, -0.25) is 14.4 Å². The van der Waals surface area contributed by atoms with Crippen LogP contribution in [0.2, 0.25) is 0 Å². The summed E-state index contributed by atoms with van der Waals surface area (Å²) in [4.78, 5) is 32.4. The molecule has 22 N–H and O–H groups in total. The fraction of sp³-hybridized carbons (Fsp3) is 0.531. The highest BCUT2D eigenvalue weighted by atomic mass is 79.9. The summed E-state index contributed by atoms with van der Waals surface area (Å²) in [6.45, 7) is 19.6. The van der Waals surface area contributed by atoms with E-state index in [2.05, 4.69) is 123 Å². The Balaban J connectivity index is -0.000000338. The van der Waals surface area contributed by atoms with Crippen molar-refractivity contribution in [1.82, 2.24) is 16.8 Å². The lowest BCUT2D eigenvalue weighted by Gasteiger charge is -2.27. The van der Waals surface area contributed by atoms with Crippen LogP contribution in [-0.4, -0.2) is 178 Å². The van der Waals surface area contributed by atoms with Gasteiger partial charge >= 0.3 is 24.2 Å². The summed E-state index contributed by atoms with van der Waals surface area (Å²) in [7, 11) is 1.00. The van der Waals surface area contributed by atoms with E-state index in [0.717, 1.165) is 153 Å². The van der Waals surface area contributed by atoms with Crippen LogP contribution in [0, 0.1) is 36.0 Å². The van der Waals surface area contributed by atoms with Crippen molar-refractivity contribution in [3.63, 3.8) is 0 Å². The number of alkyl halides is 8. The van der Waals surface area contributed by atoms with Crippen molar-refractivity contribution in [3.05, 3.63) is 209 Å². The molecule has 7 rings (SSSR count). The van der Waals surface area contributed by atoms with Crippen molar-refractivity contribution in [1.29, 1.82) is 0 Å². The molecule has 21 nitrogen and oxygen atoms in total. The highest BCUT2D eigenvalue weighted by molar-refractivity contribution is 9.11. The quantitative estimate of drug-likeness (QED) is 0.00787. The SMILES string of the molecule is C.C#CC(O)(CCC)CCC.C1CCOC1.CCCC(O)(C#Cc1cccc([C@H](O)CN)c1)CCC.CCCC(O)(C#Cc1cccc([C@H](O)CNC(=O)C(F)(F)F)c1)CCC.CCCC(O)(CCC)CCc1cccc([C@H](O)CN)c1.CCO.CO.N.O.O=C(CBr)c1cccc(Br)c1.O=C(NC[C@@H](O)c1cccc(Br)c1)C(F)(F)F.O[C@H](CBr)c1cccc(Br)c1. The van der Waals surface area contributed by atoms with E-state index in [9.17, 15) is 86.7 Å². The topological polar surface area (TPSA) is 426 Å². The second-order valence-corrected chi connectivity index (χ2v) is 32.8. The summed E-state index contributed by atoms with van der Waals surface area (Å²) in [6, 6.07) is 43.0. The molecule has 0 unspecified atom stereocenters. The summed E-state index contributed by atoms with van der Waals surface area (Å²) in [5, 5.41) is 108. The number of Topliss-reactive ketones (excluding diaryl/α,β-unsaturated/α-hetero) is 1. The molecule has 726 valence electrons. The Hall–Kier alpha value is -6.05. The number of benzene rings is 6. The van der Waals surface area contributed by atoms with E-state index in [1.54, 1.807) is 60.0 Å². The predicted molar refractivity (Wildman–Crippen MR) is 521 cm³/mol. The number of carbonyl (C=O) groups excluding carboxylic acids is 3. The molecular formula is C96H144Br5F6N5O16. The molecule has 0 aromatic heterocycles. The van der Waals surface area contributed by atoms with Gasteiger partial charge in [0.1, 0.15) is 16.8 Å². The Morgan fingerprint density at radius 3 is 1.09 bits per heavy atom. The number of hydrogen-bond acceptors (Lipinski definition) is 18. The van der Waals surface area contributed by atoms with Crippen molar-refractivity contribution in [2.45, 2.75) is 263 Å². The van der Waals surface area contributed by atoms with Crippen molar-refractivity contribution < 1.29 is 107 Å². The van der Waals surface area contributed by atoms with Gasteiger partial charge in [0.05, 0.1) is 41.5 Å².